The second-order valence-electron chi connectivity index (χ2n) is 5.74. The normalized spacial score (nSPS) is 11.0. The van der Waals surface area contributed by atoms with Crippen molar-refractivity contribution in [2.45, 2.75) is 32.8 Å². The minimum atomic E-state index is -0.236. The summed E-state index contributed by atoms with van der Waals surface area (Å²) in [6.07, 6.45) is 5.15. The second-order valence-corrected chi connectivity index (χ2v) is 5.74. The predicted octanol–water partition coefficient (Wildman–Crippen LogP) is 3.18. The number of fused-ring (bicyclic) bond motifs is 1. The molecule has 0 aliphatic rings. The maximum atomic E-state index is 12.3. The lowest BCUT2D eigenvalue weighted by Gasteiger charge is -2.14. The van der Waals surface area contributed by atoms with Crippen LogP contribution < -0.4 is 10.1 Å². The first-order valence-corrected chi connectivity index (χ1v) is 8.34. The molecule has 3 aromatic heterocycles. The van der Waals surface area contributed by atoms with Gasteiger partial charge in [-0.3, -0.25) is 9.78 Å². The summed E-state index contributed by atoms with van der Waals surface area (Å²) in [5.41, 5.74) is 1.18. The van der Waals surface area contributed by atoms with Crippen molar-refractivity contribution in [3.05, 3.63) is 42.2 Å². The van der Waals surface area contributed by atoms with E-state index in [1.54, 1.807) is 36.3 Å². The van der Waals surface area contributed by atoms with Crippen molar-refractivity contribution in [2.24, 2.45) is 7.05 Å². The highest BCUT2D eigenvalue weighted by molar-refractivity contribution is 6.07. The zero-order valence-electron chi connectivity index (χ0n) is 14.6. The number of carbonyl (C=O) groups is 1. The Hall–Kier alpha value is -2.96. The Morgan fingerprint density at radius 2 is 1.92 bits per heavy atom. The molecular weight excluding hydrogens is 318 g/mol. The van der Waals surface area contributed by atoms with E-state index in [9.17, 15) is 4.79 Å². The van der Waals surface area contributed by atoms with E-state index >= 15 is 0 Å². The Labute approximate surface area is 146 Å². The summed E-state index contributed by atoms with van der Waals surface area (Å²) < 4.78 is 7.53. The average Bonchev–Trinajstić information content (AvgIpc) is 2.95. The number of amides is 1. The summed E-state index contributed by atoms with van der Waals surface area (Å²) in [6, 6.07) is 6.99. The zero-order valence-corrected chi connectivity index (χ0v) is 14.6. The molecule has 0 saturated heterocycles. The zero-order chi connectivity index (χ0) is 17.8. The molecule has 0 spiro atoms. The van der Waals surface area contributed by atoms with Crippen LogP contribution in [0.5, 0.6) is 5.88 Å². The monoisotopic (exact) mass is 339 g/mol. The van der Waals surface area contributed by atoms with Gasteiger partial charge in [0.05, 0.1) is 11.5 Å². The fraction of sp³-hybridized carbons (Fsp3) is 0.333. The van der Waals surface area contributed by atoms with Crippen LogP contribution >= 0.6 is 0 Å². The van der Waals surface area contributed by atoms with Crippen LogP contribution in [-0.2, 0) is 7.05 Å². The Kier molecular flexibility index (Phi) is 4.92. The van der Waals surface area contributed by atoms with Gasteiger partial charge in [0.2, 0.25) is 5.88 Å². The van der Waals surface area contributed by atoms with Gasteiger partial charge < -0.3 is 10.1 Å². The highest BCUT2D eigenvalue weighted by atomic mass is 16.5. The molecule has 7 heteroatoms. The molecule has 0 aromatic carbocycles. The first kappa shape index (κ1) is 16.9. The SMILES string of the molecule is CCC(CC)Oc1ccc2c(NC(=O)c3ccncc3)nn(C)c2n1. The van der Waals surface area contributed by atoms with E-state index in [-0.39, 0.29) is 12.0 Å². The van der Waals surface area contributed by atoms with Crippen LogP contribution in [0.1, 0.15) is 37.0 Å². The third-order valence-electron chi connectivity index (χ3n) is 4.03. The van der Waals surface area contributed by atoms with E-state index < -0.39 is 0 Å². The van der Waals surface area contributed by atoms with Gasteiger partial charge in [-0.15, -0.1) is 0 Å². The molecule has 0 aliphatic heterocycles. The van der Waals surface area contributed by atoms with Crippen LogP contribution in [0, 0.1) is 0 Å². The lowest BCUT2D eigenvalue weighted by molar-refractivity contribution is 0.102. The van der Waals surface area contributed by atoms with E-state index in [1.807, 2.05) is 12.1 Å². The maximum Gasteiger partial charge on any atom is 0.256 e. The van der Waals surface area contributed by atoms with Gasteiger partial charge in [-0.25, -0.2) is 4.68 Å². The van der Waals surface area contributed by atoms with Gasteiger partial charge >= 0.3 is 0 Å². The van der Waals surface area contributed by atoms with Crippen molar-refractivity contribution in [1.82, 2.24) is 19.7 Å². The molecule has 0 atom stereocenters. The summed E-state index contributed by atoms with van der Waals surface area (Å²) in [4.78, 5) is 20.8. The Morgan fingerprint density at radius 1 is 1.20 bits per heavy atom. The van der Waals surface area contributed by atoms with Gasteiger partial charge in [-0.05, 0) is 31.0 Å². The molecule has 0 aliphatic carbocycles. The number of pyridine rings is 2. The first-order chi connectivity index (χ1) is 12.1. The summed E-state index contributed by atoms with van der Waals surface area (Å²) in [6.45, 7) is 4.17. The fourth-order valence-electron chi connectivity index (χ4n) is 2.58. The van der Waals surface area contributed by atoms with Crippen molar-refractivity contribution in [3.63, 3.8) is 0 Å². The minimum Gasteiger partial charge on any atom is -0.474 e. The molecular formula is C18H21N5O2. The molecule has 0 unspecified atom stereocenters. The molecule has 3 heterocycles. The van der Waals surface area contributed by atoms with Crippen LogP contribution in [0.4, 0.5) is 5.82 Å². The minimum absolute atomic E-state index is 0.143. The van der Waals surface area contributed by atoms with Crippen LogP contribution in [0.25, 0.3) is 11.0 Å². The summed E-state index contributed by atoms with van der Waals surface area (Å²) in [5, 5.41) is 7.96. The van der Waals surface area contributed by atoms with E-state index in [0.29, 0.717) is 22.9 Å². The van der Waals surface area contributed by atoms with Crippen molar-refractivity contribution in [2.75, 3.05) is 5.32 Å². The number of anilines is 1. The van der Waals surface area contributed by atoms with Crippen LogP contribution in [0.3, 0.4) is 0 Å². The highest BCUT2D eigenvalue weighted by Crippen LogP contribution is 2.24. The molecule has 7 nitrogen and oxygen atoms in total. The van der Waals surface area contributed by atoms with Crippen molar-refractivity contribution in [1.29, 1.82) is 0 Å². The first-order valence-electron chi connectivity index (χ1n) is 8.34. The smallest absolute Gasteiger partial charge is 0.256 e. The maximum absolute atomic E-state index is 12.3. The van der Waals surface area contributed by atoms with Gasteiger partial charge in [0.1, 0.15) is 0 Å². The summed E-state index contributed by atoms with van der Waals surface area (Å²) in [7, 11) is 1.79. The molecule has 0 fully saturated rings. The molecule has 0 saturated carbocycles. The lowest BCUT2D eigenvalue weighted by Crippen LogP contribution is -2.14. The van der Waals surface area contributed by atoms with Gasteiger partial charge in [0.15, 0.2) is 11.5 Å². The average molecular weight is 339 g/mol. The van der Waals surface area contributed by atoms with Gasteiger partial charge in [-0.1, -0.05) is 13.8 Å². The Balaban J connectivity index is 1.87. The molecule has 130 valence electrons. The van der Waals surface area contributed by atoms with E-state index in [4.69, 9.17) is 4.74 Å². The fourth-order valence-corrected chi connectivity index (χ4v) is 2.58. The van der Waals surface area contributed by atoms with Crippen LogP contribution in [0.2, 0.25) is 0 Å². The van der Waals surface area contributed by atoms with Crippen molar-refractivity contribution >= 4 is 22.8 Å². The van der Waals surface area contributed by atoms with Gasteiger partial charge in [0, 0.05) is 31.1 Å². The Bertz CT molecular complexity index is 872. The largest absolute Gasteiger partial charge is 0.474 e. The lowest BCUT2D eigenvalue weighted by atomic mass is 10.2. The number of nitrogens with zero attached hydrogens (tertiary/aromatic N) is 4. The van der Waals surface area contributed by atoms with Crippen molar-refractivity contribution < 1.29 is 9.53 Å². The highest BCUT2D eigenvalue weighted by Gasteiger charge is 2.15. The third kappa shape index (κ3) is 3.60. The molecule has 1 amide bonds. The number of nitrogens with one attached hydrogen (secondary N) is 1. The van der Waals surface area contributed by atoms with Crippen LogP contribution in [0.15, 0.2) is 36.7 Å². The number of aryl methyl sites for hydroxylation is 1. The number of carbonyl (C=O) groups excluding carboxylic acids is 1. The molecule has 25 heavy (non-hydrogen) atoms. The van der Waals surface area contributed by atoms with E-state index in [1.165, 1.54) is 0 Å². The van der Waals surface area contributed by atoms with Gasteiger partial charge in [-0.2, -0.15) is 10.1 Å². The number of hydrogen-bond donors (Lipinski definition) is 1. The standard InChI is InChI=1S/C18H21N5O2/c1-4-13(5-2)25-15-7-6-14-16(22-23(3)17(14)20-15)21-18(24)12-8-10-19-11-9-12/h6-11,13H,4-5H2,1-3H3,(H,21,22,24). The molecule has 0 radical (unpaired) electrons. The predicted molar refractivity (Wildman–Crippen MR) is 95.7 cm³/mol. The molecule has 0 bridgehead atoms. The second kappa shape index (κ2) is 7.29. The molecule has 3 aromatic rings. The van der Waals surface area contributed by atoms with E-state index in [0.717, 1.165) is 18.2 Å². The van der Waals surface area contributed by atoms with Crippen molar-refractivity contribution in [3.8, 4) is 5.88 Å². The number of rotatable bonds is 6. The Morgan fingerprint density at radius 3 is 2.60 bits per heavy atom. The third-order valence-corrected chi connectivity index (χ3v) is 4.03. The molecule has 1 N–H and O–H groups in total. The topological polar surface area (TPSA) is 81.9 Å². The van der Waals surface area contributed by atoms with Gasteiger partial charge in [0.25, 0.3) is 5.91 Å². The summed E-state index contributed by atoms with van der Waals surface area (Å²) in [5.74, 6) is 0.803. The molecule has 3 rings (SSSR count). The van der Waals surface area contributed by atoms with E-state index in [2.05, 4.69) is 34.2 Å². The number of hydrogen-bond acceptors (Lipinski definition) is 5. The number of aromatic nitrogens is 4. The van der Waals surface area contributed by atoms with Crippen LogP contribution in [-0.4, -0.2) is 31.8 Å². The number of ether oxygens (including phenoxy) is 1. The quantitative estimate of drug-likeness (QED) is 0.746. The summed E-state index contributed by atoms with van der Waals surface area (Å²) >= 11 is 0.